The molecule has 0 atom stereocenters. The van der Waals surface area contributed by atoms with E-state index in [-0.39, 0.29) is 5.78 Å². The van der Waals surface area contributed by atoms with Gasteiger partial charge in [0.15, 0.2) is 11.3 Å². The minimum atomic E-state index is 0.151. The molecule has 1 aromatic heterocycles. The Morgan fingerprint density at radius 1 is 1.42 bits per heavy atom. The molecule has 102 valence electrons. The molecule has 0 amide bonds. The molecule has 1 heterocycles. The van der Waals surface area contributed by atoms with E-state index in [1.165, 1.54) is 0 Å². The zero-order valence-corrected chi connectivity index (χ0v) is 11.7. The lowest BCUT2D eigenvalue weighted by molar-refractivity contribution is -0.118. The third-order valence-corrected chi connectivity index (χ3v) is 3.09. The van der Waals surface area contributed by atoms with E-state index in [4.69, 9.17) is 20.8 Å². The van der Waals surface area contributed by atoms with Crippen LogP contribution in [-0.2, 0) is 11.2 Å². The van der Waals surface area contributed by atoms with E-state index in [1.807, 2.05) is 31.2 Å². The van der Waals surface area contributed by atoms with Crippen molar-refractivity contribution in [3.63, 3.8) is 0 Å². The molecule has 3 nitrogen and oxygen atoms in total. The Kier molecular flexibility index (Phi) is 4.86. The summed E-state index contributed by atoms with van der Waals surface area (Å²) in [4.78, 5) is 11.7. The summed E-state index contributed by atoms with van der Waals surface area (Å²) < 4.78 is 11.2. The van der Waals surface area contributed by atoms with Gasteiger partial charge in [0.2, 0.25) is 0 Å². The van der Waals surface area contributed by atoms with E-state index in [9.17, 15) is 4.79 Å². The molecule has 0 unspecified atom stereocenters. The van der Waals surface area contributed by atoms with Gasteiger partial charge in [-0.05, 0) is 25.5 Å². The molecule has 0 aliphatic heterocycles. The highest BCUT2D eigenvalue weighted by Crippen LogP contribution is 2.29. The number of rotatable bonds is 7. The summed E-state index contributed by atoms with van der Waals surface area (Å²) >= 11 is 5.58. The van der Waals surface area contributed by atoms with E-state index in [0.29, 0.717) is 43.1 Å². The van der Waals surface area contributed by atoms with Crippen molar-refractivity contribution in [1.29, 1.82) is 0 Å². The van der Waals surface area contributed by atoms with Gasteiger partial charge in [-0.25, -0.2) is 0 Å². The number of para-hydroxylation sites is 1. The van der Waals surface area contributed by atoms with Gasteiger partial charge in [-0.2, -0.15) is 0 Å². The Bertz CT molecular complexity index is 560. The van der Waals surface area contributed by atoms with Crippen molar-refractivity contribution in [3.8, 4) is 5.75 Å². The number of carbonyl (C=O) groups excluding carboxylic acids is 1. The molecule has 1 aromatic carbocycles. The monoisotopic (exact) mass is 280 g/mol. The summed E-state index contributed by atoms with van der Waals surface area (Å²) in [7, 11) is 0. The van der Waals surface area contributed by atoms with Gasteiger partial charge in [-0.1, -0.05) is 12.1 Å². The van der Waals surface area contributed by atoms with Crippen molar-refractivity contribution in [2.75, 3.05) is 12.5 Å². The average molecular weight is 281 g/mol. The molecule has 19 heavy (non-hydrogen) atoms. The van der Waals surface area contributed by atoms with E-state index in [1.54, 1.807) is 0 Å². The molecule has 0 radical (unpaired) electrons. The molecule has 0 fully saturated rings. The summed E-state index contributed by atoms with van der Waals surface area (Å²) in [5, 5.41) is 0.964. The SMILES string of the molecule is CCOc1cccc2cc(CC(=O)CCCCl)oc12. The van der Waals surface area contributed by atoms with Crippen LogP contribution in [0, 0.1) is 0 Å². The smallest absolute Gasteiger partial charge is 0.176 e. The lowest BCUT2D eigenvalue weighted by atomic mass is 10.1. The van der Waals surface area contributed by atoms with Crippen LogP contribution in [0.4, 0.5) is 0 Å². The Balaban J connectivity index is 2.17. The third-order valence-electron chi connectivity index (χ3n) is 2.82. The molecule has 2 rings (SSSR count). The second-order valence-electron chi connectivity index (χ2n) is 4.33. The third kappa shape index (κ3) is 3.51. The fraction of sp³-hybridized carbons (Fsp3) is 0.400. The summed E-state index contributed by atoms with van der Waals surface area (Å²) in [6.07, 6.45) is 1.53. The van der Waals surface area contributed by atoms with Gasteiger partial charge >= 0.3 is 0 Å². The quantitative estimate of drug-likeness (QED) is 0.721. The minimum absolute atomic E-state index is 0.151. The molecular formula is C15H17ClO3. The lowest BCUT2D eigenvalue weighted by Crippen LogP contribution is -2.01. The predicted molar refractivity (Wildman–Crippen MR) is 76.0 cm³/mol. The molecule has 0 aliphatic rings. The number of hydrogen-bond acceptors (Lipinski definition) is 3. The van der Waals surface area contributed by atoms with Gasteiger partial charge in [-0.3, -0.25) is 4.79 Å². The zero-order chi connectivity index (χ0) is 13.7. The van der Waals surface area contributed by atoms with E-state index in [0.717, 1.165) is 11.1 Å². The number of ketones is 1. The molecule has 0 bridgehead atoms. The highest BCUT2D eigenvalue weighted by molar-refractivity contribution is 6.17. The molecule has 0 spiro atoms. The standard InChI is InChI=1S/C15H17ClO3/c1-2-18-14-7-3-5-11-9-13(19-15(11)14)10-12(17)6-4-8-16/h3,5,7,9H,2,4,6,8,10H2,1H3. The summed E-state index contributed by atoms with van der Waals surface area (Å²) in [6, 6.07) is 7.64. The number of fused-ring (bicyclic) bond motifs is 1. The Labute approximate surface area is 117 Å². The second kappa shape index (κ2) is 6.62. The molecule has 0 aliphatic carbocycles. The maximum absolute atomic E-state index is 11.7. The Morgan fingerprint density at radius 3 is 3.00 bits per heavy atom. The van der Waals surface area contributed by atoms with Crippen molar-refractivity contribution in [2.24, 2.45) is 0 Å². The molecular weight excluding hydrogens is 264 g/mol. The first-order chi connectivity index (χ1) is 9.24. The lowest BCUT2D eigenvalue weighted by Gasteiger charge is -2.02. The Morgan fingerprint density at radius 2 is 2.26 bits per heavy atom. The van der Waals surface area contributed by atoms with E-state index < -0.39 is 0 Å². The van der Waals surface area contributed by atoms with Crippen LogP contribution in [0.2, 0.25) is 0 Å². The van der Waals surface area contributed by atoms with Crippen LogP contribution in [0.3, 0.4) is 0 Å². The molecule has 0 N–H and O–H groups in total. The number of furan rings is 1. The van der Waals surface area contributed by atoms with Crippen molar-refractivity contribution in [3.05, 3.63) is 30.0 Å². The fourth-order valence-corrected chi connectivity index (χ4v) is 2.13. The highest BCUT2D eigenvalue weighted by Gasteiger charge is 2.11. The molecule has 0 saturated carbocycles. The number of carbonyl (C=O) groups is 1. The van der Waals surface area contributed by atoms with Crippen molar-refractivity contribution in [1.82, 2.24) is 0 Å². The minimum Gasteiger partial charge on any atom is -0.490 e. The second-order valence-corrected chi connectivity index (χ2v) is 4.71. The van der Waals surface area contributed by atoms with Crippen LogP contribution >= 0.6 is 11.6 Å². The van der Waals surface area contributed by atoms with Crippen LogP contribution in [-0.4, -0.2) is 18.3 Å². The summed E-state index contributed by atoms with van der Waals surface area (Å²) in [5.74, 6) is 2.07. The normalized spacial score (nSPS) is 10.8. The van der Waals surface area contributed by atoms with Gasteiger partial charge in [0.05, 0.1) is 13.0 Å². The zero-order valence-electron chi connectivity index (χ0n) is 10.9. The number of alkyl halides is 1. The molecule has 2 aromatic rings. The number of ether oxygens (including phenoxy) is 1. The topological polar surface area (TPSA) is 39.4 Å². The molecule has 0 saturated heterocycles. The van der Waals surface area contributed by atoms with Gasteiger partial charge in [0, 0.05) is 17.7 Å². The predicted octanol–water partition coefficient (Wildman–Crippen LogP) is 3.96. The fourth-order valence-electron chi connectivity index (χ4n) is 1.99. The maximum Gasteiger partial charge on any atom is 0.176 e. The number of benzene rings is 1. The first kappa shape index (κ1) is 13.9. The van der Waals surface area contributed by atoms with Gasteiger partial charge in [0.25, 0.3) is 0 Å². The number of Topliss-reactive ketones (excluding diaryl/α,β-unsaturated/α-hetero) is 1. The van der Waals surface area contributed by atoms with Crippen LogP contribution in [0.25, 0.3) is 11.0 Å². The number of hydrogen-bond donors (Lipinski definition) is 0. The van der Waals surface area contributed by atoms with Crippen molar-refractivity contribution in [2.45, 2.75) is 26.2 Å². The van der Waals surface area contributed by atoms with E-state index >= 15 is 0 Å². The first-order valence-electron chi connectivity index (χ1n) is 6.46. The number of halogens is 1. The van der Waals surface area contributed by atoms with Crippen LogP contribution in [0.1, 0.15) is 25.5 Å². The summed E-state index contributed by atoms with van der Waals surface area (Å²) in [6.45, 7) is 2.52. The average Bonchev–Trinajstić information content (AvgIpc) is 2.80. The van der Waals surface area contributed by atoms with Crippen LogP contribution in [0.5, 0.6) is 5.75 Å². The maximum atomic E-state index is 11.7. The Hall–Kier alpha value is -1.48. The van der Waals surface area contributed by atoms with E-state index in [2.05, 4.69) is 0 Å². The largest absolute Gasteiger partial charge is 0.490 e. The molecule has 4 heteroatoms. The van der Waals surface area contributed by atoms with Gasteiger partial charge in [0.1, 0.15) is 11.5 Å². The van der Waals surface area contributed by atoms with Crippen molar-refractivity contribution >= 4 is 28.4 Å². The first-order valence-corrected chi connectivity index (χ1v) is 7.00. The van der Waals surface area contributed by atoms with Crippen LogP contribution in [0.15, 0.2) is 28.7 Å². The summed E-state index contributed by atoms with van der Waals surface area (Å²) in [5.41, 5.74) is 0.712. The van der Waals surface area contributed by atoms with Gasteiger partial charge < -0.3 is 9.15 Å². The highest BCUT2D eigenvalue weighted by atomic mass is 35.5. The van der Waals surface area contributed by atoms with Gasteiger partial charge in [-0.15, -0.1) is 11.6 Å². The van der Waals surface area contributed by atoms with Crippen LogP contribution < -0.4 is 4.74 Å². The van der Waals surface area contributed by atoms with Crippen molar-refractivity contribution < 1.29 is 13.9 Å².